The summed E-state index contributed by atoms with van der Waals surface area (Å²) in [4.78, 5) is 11.9. The second-order valence-electron chi connectivity index (χ2n) is 5.55. The lowest BCUT2D eigenvalue weighted by molar-refractivity contribution is -0.127. The van der Waals surface area contributed by atoms with E-state index in [0.29, 0.717) is 6.54 Å². The Hall–Kier alpha value is -0.610. The predicted molar refractivity (Wildman–Crippen MR) is 66.6 cm³/mol. The highest BCUT2D eigenvalue weighted by Crippen LogP contribution is 2.27. The van der Waals surface area contributed by atoms with Crippen LogP contribution >= 0.6 is 0 Å². The number of carbonyl (C=O) groups is 1. The van der Waals surface area contributed by atoms with Crippen LogP contribution in [0.15, 0.2) is 0 Å². The van der Waals surface area contributed by atoms with Crippen molar-refractivity contribution in [1.82, 2.24) is 10.6 Å². The van der Waals surface area contributed by atoms with Gasteiger partial charge in [-0.15, -0.1) is 0 Å². The van der Waals surface area contributed by atoms with Crippen molar-refractivity contribution in [1.29, 1.82) is 0 Å². The molecule has 1 aliphatic carbocycles. The summed E-state index contributed by atoms with van der Waals surface area (Å²) in [6, 6.07) is 0. The van der Waals surface area contributed by atoms with Crippen LogP contribution in [0.25, 0.3) is 0 Å². The number of carbonyl (C=O) groups excluding carboxylic acids is 1. The fraction of sp³-hybridized carbons (Fsp3) is 0.923. The van der Waals surface area contributed by atoms with Gasteiger partial charge in [-0.05, 0) is 32.2 Å². The van der Waals surface area contributed by atoms with Crippen molar-refractivity contribution in [3.63, 3.8) is 0 Å². The molecule has 4 nitrogen and oxygen atoms in total. The molecule has 98 valence electrons. The fourth-order valence-corrected chi connectivity index (χ4v) is 2.86. The Balaban J connectivity index is 1.74. The van der Waals surface area contributed by atoms with Crippen molar-refractivity contribution >= 4 is 5.91 Å². The van der Waals surface area contributed by atoms with Crippen LogP contribution in [-0.2, 0) is 4.79 Å². The lowest BCUT2D eigenvalue weighted by atomic mass is 9.84. The van der Waals surface area contributed by atoms with E-state index in [9.17, 15) is 9.90 Å². The first-order valence-electron chi connectivity index (χ1n) is 6.90. The van der Waals surface area contributed by atoms with Gasteiger partial charge in [0.05, 0.1) is 11.5 Å². The molecule has 0 unspecified atom stereocenters. The molecule has 2 rings (SSSR count). The first kappa shape index (κ1) is 12.8. The summed E-state index contributed by atoms with van der Waals surface area (Å²) in [5.74, 6) is 0.201. The van der Waals surface area contributed by atoms with Crippen LogP contribution in [0.4, 0.5) is 0 Å². The minimum absolute atomic E-state index is 0.0935. The topological polar surface area (TPSA) is 61.4 Å². The molecule has 2 aliphatic rings. The molecule has 2 fully saturated rings. The number of amides is 1. The average molecular weight is 240 g/mol. The third-order valence-corrected chi connectivity index (χ3v) is 4.04. The van der Waals surface area contributed by atoms with E-state index in [1.165, 1.54) is 6.42 Å². The molecule has 0 bridgehead atoms. The molecule has 1 aliphatic heterocycles. The smallest absolute Gasteiger partial charge is 0.224 e. The van der Waals surface area contributed by atoms with E-state index in [4.69, 9.17) is 0 Å². The zero-order chi connectivity index (χ0) is 12.1. The Labute approximate surface area is 103 Å². The van der Waals surface area contributed by atoms with Gasteiger partial charge >= 0.3 is 0 Å². The SMILES string of the molecule is O=C(NCC1(O)CCCCC1)[C@@H]1CCCNC1. The van der Waals surface area contributed by atoms with E-state index in [0.717, 1.165) is 51.6 Å². The molecule has 0 radical (unpaired) electrons. The highest BCUT2D eigenvalue weighted by atomic mass is 16.3. The normalized spacial score (nSPS) is 28.6. The maximum atomic E-state index is 11.9. The fourth-order valence-electron chi connectivity index (χ4n) is 2.86. The summed E-state index contributed by atoms with van der Waals surface area (Å²) in [5.41, 5.74) is -0.643. The Morgan fingerprint density at radius 2 is 2.06 bits per heavy atom. The maximum Gasteiger partial charge on any atom is 0.224 e. The third kappa shape index (κ3) is 3.68. The molecule has 0 spiro atoms. The van der Waals surface area contributed by atoms with Gasteiger partial charge < -0.3 is 15.7 Å². The summed E-state index contributed by atoms with van der Waals surface area (Å²) in [5, 5.41) is 16.5. The average Bonchev–Trinajstić information content (AvgIpc) is 2.38. The van der Waals surface area contributed by atoms with Crippen molar-refractivity contribution in [2.24, 2.45) is 5.92 Å². The van der Waals surface area contributed by atoms with Crippen molar-refractivity contribution in [3.05, 3.63) is 0 Å². The van der Waals surface area contributed by atoms with E-state index >= 15 is 0 Å². The van der Waals surface area contributed by atoms with Gasteiger partial charge in [-0.1, -0.05) is 19.3 Å². The van der Waals surface area contributed by atoms with Crippen molar-refractivity contribution in [2.45, 2.75) is 50.5 Å². The van der Waals surface area contributed by atoms with Crippen LogP contribution < -0.4 is 10.6 Å². The summed E-state index contributed by atoms with van der Waals surface area (Å²) in [7, 11) is 0. The number of hydrogen-bond acceptors (Lipinski definition) is 3. The van der Waals surface area contributed by atoms with Crippen LogP contribution in [0.3, 0.4) is 0 Å². The quantitative estimate of drug-likeness (QED) is 0.684. The molecule has 1 atom stereocenters. The van der Waals surface area contributed by atoms with E-state index in [1.54, 1.807) is 0 Å². The minimum Gasteiger partial charge on any atom is -0.388 e. The van der Waals surface area contributed by atoms with Gasteiger partial charge in [0.15, 0.2) is 0 Å². The van der Waals surface area contributed by atoms with Crippen molar-refractivity contribution < 1.29 is 9.90 Å². The summed E-state index contributed by atoms with van der Waals surface area (Å²) in [6.45, 7) is 2.24. The largest absolute Gasteiger partial charge is 0.388 e. The van der Waals surface area contributed by atoms with Gasteiger partial charge in [-0.25, -0.2) is 0 Å². The van der Waals surface area contributed by atoms with E-state index in [2.05, 4.69) is 10.6 Å². The van der Waals surface area contributed by atoms with Crippen LogP contribution in [0.1, 0.15) is 44.9 Å². The first-order valence-corrected chi connectivity index (χ1v) is 6.90. The van der Waals surface area contributed by atoms with Crippen molar-refractivity contribution in [3.8, 4) is 0 Å². The van der Waals surface area contributed by atoms with Gasteiger partial charge in [-0.2, -0.15) is 0 Å². The lowest BCUT2D eigenvalue weighted by Crippen LogP contribution is -2.48. The van der Waals surface area contributed by atoms with Gasteiger partial charge in [0.25, 0.3) is 0 Å². The molecule has 3 N–H and O–H groups in total. The molecule has 0 aromatic carbocycles. The van der Waals surface area contributed by atoms with Gasteiger partial charge in [0.2, 0.25) is 5.91 Å². The zero-order valence-corrected chi connectivity index (χ0v) is 10.5. The number of rotatable bonds is 3. The highest BCUT2D eigenvalue weighted by molar-refractivity contribution is 5.79. The van der Waals surface area contributed by atoms with Gasteiger partial charge in [0.1, 0.15) is 0 Å². The second kappa shape index (κ2) is 5.83. The van der Waals surface area contributed by atoms with Crippen LogP contribution in [0, 0.1) is 5.92 Å². The van der Waals surface area contributed by atoms with Crippen molar-refractivity contribution in [2.75, 3.05) is 19.6 Å². The molecule has 0 aromatic heterocycles. The molecule has 1 heterocycles. The first-order chi connectivity index (χ1) is 8.20. The maximum absolute atomic E-state index is 11.9. The Kier molecular flexibility index (Phi) is 4.40. The molecule has 1 amide bonds. The number of hydrogen-bond donors (Lipinski definition) is 3. The van der Waals surface area contributed by atoms with E-state index < -0.39 is 5.60 Å². The predicted octanol–water partition coefficient (Wildman–Crippen LogP) is 0.797. The molecule has 0 aromatic rings. The van der Waals surface area contributed by atoms with E-state index in [-0.39, 0.29) is 11.8 Å². The summed E-state index contributed by atoms with van der Waals surface area (Å²) >= 11 is 0. The highest BCUT2D eigenvalue weighted by Gasteiger charge is 2.30. The lowest BCUT2D eigenvalue weighted by Gasteiger charge is -2.33. The monoisotopic (exact) mass is 240 g/mol. The van der Waals surface area contributed by atoms with Crippen LogP contribution in [-0.4, -0.2) is 36.2 Å². The number of aliphatic hydroxyl groups is 1. The third-order valence-electron chi connectivity index (χ3n) is 4.04. The molecule has 17 heavy (non-hydrogen) atoms. The summed E-state index contributed by atoms with van der Waals surface area (Å²) in [6.07, 6.45) is 7.07. The minimum atomic E-state index is -0.643. The Morgan fingerprint density at radius 3 is 2.71 bits per heavy atom. The van der Waals surface area contributed by atoms with Crippen LogP contribution in [0.5, 0.6) is 0 Å². The zero-order valence-electron chi connectivity index (χ0n) is 10.5. The molecule has 1 saturated carbocycles. The van der Waals surface area contributed by atoms with Crippen LogP contribution in [0.2, 0.25) is 0 Å². The Morgan fingerprint density at radius 1 is 1.29 bits per heavy atom. The van der Waals surface area contributed by atoms with E-state index in [1.807, 2.05) is 0 Å². The second-order valence-corrected chi connectivity index (χ2v) is 5.55. The molecular formula is C13H24N2O2. The number of nitrogens with one attached hydrogen (secondary N) is 2. The van der Waals surface area contributed by atoms with Gasteiger partial charge in [0, 0.05) is 13.1 Å². The number of piperidine rings is 1. The molecule has 1 saturated heterocycles. The molecule has 4 heteroatoms. The summed E-state index contributed by atoms with van der Waals surface area (Å²) < 4.78 is 0. The molecular weight excluding hydrogens is 216 g/mol. The Bertz CT molecular complexity index is 256. The standard InChI is InChI=1S/C13H24N2O2/c16-12(11-5-4-8-14-9-11)15-10-13(17)6-2-1-3-7-13/h11,14,17H,1-10H2,(H,15,16)/t11-/m1/s1. The van der Waals surface area contributed by atoms with Gasteiger partial charge in [-0.3, -0.25) is 4.79 Å².